The molecule has 1 amide bonds. The minimum absolute atomic E-state index is 0.228. The third kappa shape index (κ3) is 4.31. The lowest BCUT2D eigenvalue weighted by Crippen LogP contribution is -2.32. The maximum Gasteiger partial charge on any atom is 0.255 e. The Morgan fingerprint density at radius 2 is 2.03 bits per heavy atom. The zero-order valence-electron chi connectivity index (χ0n) is 17.1. The van der Waals surface area contributed by atoms with Crippen molar-refractivity contribution in [2.45, 2.75) is 19.1 Å². The molecule has 3 aromatic rings. The highest BCUT2D eigenvalue weighted by Gasteiger charge is 2.26. The second-order valence-electron chi connectivity index (χ2n) is 7.11. The summed E-state index contributed by atoms with van der Waals surface area (Å²) in [4.78, 5) is 12.7. The van der Waals surface area contributed by atoms with E-state index < -0.39 is 0 Å². The van der Waals surface area contributed by atoms with Gasteiger partial charge in [0.05, 0.1) is 38.6 Å². The average molecular weight is 407 g/mol. The van der Waals surface area contributed by atoms with E-state index in [1.807, 2.05) is 22.9 Å². The van der Waals surface area contributed by atoms with Crippen molar-refractivity contribution in [3.05, 3.63) is 77.1 Å². The van der Waals surface area contributed by atoms with Crippen LogP contribution in [0.2, 0.25) is 0 Å². The van der Waals surface area contributed by atoms with Gasteiger partial charge in [0, 0.05) is 18.8 Å². The number of rotatable bonds is 7. The van der Waals surface area contributed by atoms with Gasteiger partial charge in [0.25, 0.3) is 5.91 Å². The lowest BCUT2D eigenvalue weighted by Gasteiger charge is -2.22. The van der Waals surface area contributed by atoms with Crippen molar-refractivity contribution in [3.8, 4) is 11.5 Å². The molecule has 1 N–H and O–H groups in total. The standard InChI is InChI=1S/C23H25N3O4/c1-28-18-8-9-19(20(12-18)29-2)23(27)24-13-21-22-17(10-11-30-21)15-26(25-22)14-16-6-4-3-5-7-16/h3-9,12,15,21H,10-11,13-14H2,1-2H3,(H,24,27)/t21-/m0/s1. The van der Waals surface area contributed by atoms with Crippen LogP contribution in [0.4, 0.5) is 0 Å². The maximum absolute atomic E-state index is 12.7. The van der Waals surface area contributed by atoms with Gasteiger partial charge in [-0.1, -0.05) is 30.3 Å². The summed E-state index contributed by atoms with van der Waals surface area (Å²) >= 11 is 0. The number of aromatic nitrogens is 2. The number of hydrogen-bond donors (Lipinski definition) is 1. The number of carbonyl (C=O) groups excluding carboxylic acids is 1. The van der Waals surface area contributed by atoms with Crippen molar-refractivity contribution < 1.29 is 19.0 Å². The third-order valence-electron chi connectivity index (χ3n) is 5.15. The van der Waals surface area contributed by atoms with Gasteiger partial charge in [-0.2, -0.15) is 5.10 Å². The van der Waals surface area contributed by atoms with E-state index in [1.165, 1.54) is 18.2 Å². The Morgan fingerprint density at radius 3 is 2.80 bits per heavy atom. The topological polar surface area (TPSA) is 74.6 Å². The Labute approximate surface area is 175 Å². The molecule has 156 valence electrons. The van der Waals surface area contributed by atoms with Crippen molar-refractivity contribution in [2.75, 3.05) is 27.4 Å². The molecule has 0 saturated carbocycles. The number of methoxy groups -OCH3 is 2. The molecule has 30 heavy (non-hydrogen) atoms. The van der Waals surface area contributed by atoms with E-state index in [0.717, 1.165) is 12.1 Å². The molecule has 7 nitrogen and oxygen atoms in total. The summed E-state index contributed by atoms with van der Waals surface area (Å²) in [6.07, 6.45) is 2.62. The van der Waals surface area contributed by atoms with Crippen LogP contribution in [0.15, 0.2) is 54.7 Å². The average Bonchev–Trinajstić information content (AvgIpc) is 3.20. The minimum Gasteiger partial charge on any atom is -0.497 e. The second kappa shape index (κ2) is 9.00. The number of amides is 1. The van der Waals surface area contributed by atoms with Gasteiger partial charge in [0.1, 0.15) is 17.6 Å². The highest BCUT2D eigenvalue weighted by Crippen LogP contribution is 2.27. The summed E-state index contributed by atoms with van der Waals surface area (Å²) < 4.78 is 18.4. The molecule has 1 aromatic heterocycles. The van der Waals surface area contributed by atoms with E-state index >= 15 is 0 Å². The molecule has 0 unspecified atom stereocenters. The molecular weight excluding hydrogens is 382 g/mol. The van der Waals surface area contributed by atoms with Crippen molar-refractivity contribution in [3.63, 3.8) is 0 Å². The molecule has 0 fully saturated rings. The molecule has 4 rings (SSSR count). The van der Waals surface area contributed by atoms with E-state index in [2.05, 4.69) is 23.6 Å². The third-order valence-corrected chi connectivity index (χ3v) is 5.15. The van der Waals surface area contributed by atoms with Crippen LogP contribution in [-0.2, 0) is 17.7 Å². The Morgan fingerprint density at radius 1 is 1.20 bits per heavy atom. The van der Waals surface area contributed by atoms with Crippen molar-refractivity contribution in [1.82, 2.24) is 15.1 Å². The Kier molecular flexibility index (Phi) is 5.99. The van der Waals surface area contributed by atoms with Gasteiger partial charge in [-0.3, -0.25) is 9.48 Å². The van der Waals surface area contributed by atoms with Crippen molar-refractivity contribution in [1.29, 1.82) is 0 Å². The van der Waals surface area contributed by atoms with Gasteiger partial charge in [-0.25, -0.2) is 0 Å². The first kappa shape index (κ1) is 20.0. The van der Waals surface area contributed by atoms with Crippen LogP contribution in [0.3, 0.4) is 0 Å². The molecule has 0 radical (unpaired) electrons. The van der Waals surface area contributed by atoms with Gasteiger partial charge in [0.15, 0.2) is 0 Å². The van der Waals surface area contributed by atoms with Gasteiger partial charge in [0.2, 0.25) is 0 Å². The predicted octanol–water partition coefficient (Wildman–Crippen LogP) is 2.99. The summed E-state index contributed by atoms with van der Waals surface area (Å²) in [6, 6.07) is 15.3. The second-order valence-corrected chi connectivity index (χ2v) is 7.11. The van der Waals surface area contributed by atoms with Crippen molar-refractivity contribution >= 4 is 5.91 Å². The van der Waals surface area contributed by atoms with Crippen molar-refractivity contribution in [2.24, 2.45) is 0 Å². The first-order valence-corrected chi connectivity index (χ1v) is 9.90. The molecule has 1 aliphatic rings. The number of nitrogens with zero attached hydrogens (tertiary/aromatic N) is 2. The summed E-state index contributed by atoms with van der Waals surface area (Å²) in [5, 5.41) is 7.68. The number of ether oxygens (including phenoxy) is 3. The first-order chi connectivity index (χ1) is 14.7. The Bertz CT molecular complexity index is 1020. The Hall–Kier alpha value is -3.32. The number of fused-ring (bicyclic) bond motifs is 1. The fraction of sp³-hybridized carbons (Fsp3) is 0.304. The van der Waals surface area contributed by atoms with Crippen LogP contribution >= 0.6 is 0 Å². The smallest absolute Gasteiger partial charge is 0.255 e. The van der Waals surface area contributed by atoms with E-state index in [9.17, 15) is 4.79 Å². The number of hydrogen-bond acceptors (Lipinski definition) is 5. The lowest BCUT2D eigenvalue weighted by molar-refractivity contribution is 0.0383. The van der Waals surface area contributed by atoms with Gasteiger partial charge >= 0.3 is 0 Å². The SMILES string of the molecule is COc1ccc(C(=O)NC[C@@H]2OCCc3cn(Cc4ccccc4)nc32)c(OC)c1. The zero-order valence-corrected chi connectivity index (χ0v) is 17.1. The first-order valence-electron chi connectivity index (χ1n) is 9.90. The summed E-state index contributed by atoms with van der Waals surface area (Å²) in [5.74, 6) is 0.866. The molecular formula is C23H25N3O4. The molecule has 1 atom stereocenters. The number of nitrogens with one attached hydrogen (secondary N) is 1. The van der Waals surface area contributed by atoms with Crippen LogP contribution in [0.5, 0.6) is 11.5 Å². The molecule has 2 heterocycles. The summed E-state index contributed by atoms with van der Waals surface area (Å²) in [7, 11) is 3.10. The molecule has 0 bridgehead atoms. The number of carbonyl (C=O) groups is 1. The minimum atomic E-state index is -0.279. The predicted molar refractivity (Wildman–Crippen MR) is 112 cm³/mol. The van der Waals surface area contributed by atoms with Gasteiger partial charge in [-0.15, -0.1) is 0 Å². The molecule has 0 saturated heterocycles. The van der Waals surface area contributed by atoms with Crippen LogP contribution in [0.25, 0.3) is 0 Å². The molecule has 0 aliphatic carbocycles. The van der Waals surface area contributed by atoms with Crippen LogP contribution < -0.4 is 14.8 Å². The van der Waals surface area contributed by atoms with Gasteiger partial charge < -0.3 is 19.5 Å². The largest absolute Gasteiger partial charge is 0.497 e. The zero-order chi connectivity index (χ0) is 20.9. The van der Waals surface area contributed by atoms with E-state index in [1.54, 1.807) is 25.3 Å². The Balaban J connectivity index is 1.45. The van der Waals surface area contributed by atoms with Crippen LogP contribution in [0, 0.1) is 0 Å². The van der Waals surface area contributed by atoms with E-state index in [0.29, 0.717) is 36.8 Å². The lowest BCUT2D eigenvalue weighted by atomic mass is 10.1. The molecule has 1 aliphatic heterocycles. The summed E-state index contributed by atoms with van der Waals surface area (Å²) in [6.45, 7) is 1.65. The monoisotopic (exact) mass is 407 g/mol. The number of benzene rings is 2. The summed E-state index contributed by atoms with van der Waals surface area (Å²) in [5.41, 5.74) is 3.69. The fourth-order valence-electron chi connectivity index (χ4n) is 3.61. The van der Waals surface area contributed by atoms with E-state index in [4.69, 9.17) is 19.3 Å². The molecule has 0 spiro atoms. The van der Waals surface area contributed by atoms with E-state index in [-0.39, 0.29) is 12.0 Å². The highest BCUT2D eigenvalue weighted by atomic mass is 16.5. The van der Waals surface area contributed by atoms with Crippen LogP contribution in [0.1, 0.15) is 33.3 Å². The molecule has 2 aromatic carbocycles. The van der Waals surface area contributed by atoms with Crippen LogP contribution in [-0.4, -0.2) is 43.1 Å². The maximum atomic E-state index is 12.7. The van der Waals surface area contributed by atoms with Gasteiger partial charge in [-0.05, 0) is 29.7 Å². The fourth-order valence-corrected chi connectivity index (χ4v) is 3.61. The normalized spacial score (nSPS) is 15.3. The molecule has 7 heteroatoms. The highest BCUT2D eigenvalue weighted by molar-refractivity contribution is 5.97. The quantitative estimate of drug-likeness (QED) is 0.652.